The zero-order valence-corrected chi connectivity index (χ0v) is 17.9. The molecule has 3 aromatic rings. The number of aromatic nitrogens is 4. The molecule has 32 heavy (non-hydrogen) atoms. The molecule has 0 radical (unpaired) electrons. The number of rotatable bonds is 5. The quantitative estimate of drug-likeness (QED) is 0.648. The monoisotopic (exact) mass is 438 g/mol. The van der Waals surface area contributed by atoms with Crippen LogP contribution in [0.1, 0.15) is 43.9 Å². The van der Waals surface area contributed by atoms with E-state index in [1.165, 1.54) is 12.1 Å². The van der Waals surface area contributed by atoms with E-state index in [1.54, 1.807) is 18.5 Å². The molecule has 2 atom stereocenters. The Labute approximate surface area is 186 Å². The largest absolute Gasteiger partial charge is 0.394 e. The zero-order chi connectivity index (χ0) is 21.9. The third-order valence-electron chi connectivity index (χ3n) is 6.39. The van der Waals surface area contributed by atoms with Gasteiger partial charge in [0.05, 0.1) is 18.6 Å². The fraction of sp³-hybridized carbons (Fsp3) is 0.478. The van der Waals surface area contributed by atoms with E-state index in [4.69, 9.17) is 4.52 Å². The number of hydrogen-bond acceptors (Lipinski definition) is 8. The van der Waals surface area contributed by atoms with Gasteiger partial charge in [-0.1, -0.05) is 17.3 Å². The second-order valence-electron chi connectivity index (χ2n) is 8.51. The highest BCUT2D eigenvalue weighted by Crippen LogP contribution is 2.31. The van der Waals surface area contributed by atoms with Gasteiger partial charge in [0.15, 0.2) is 0 Å². The molecular formula is C23H27FN6O2. The van der Waals surface area contributed by atoms with Crippen LogP contribution >= 0.6 is 0 Å². The fourth-order valence-electron chi connectivity index (χ4n) is 4.69. The number of hydrogen-bond donors (Lipinski definition) is 1. The van der Waals surface area contributed by atoms with Crippen LogP contribution in [0.2, 0.25) is 0 Å². The van der Waals surface area contributed by atoms with Gasteiger partial charge in [0, 0.05) is 31.3 Å². The summed E-state index contributed by atoms with van der Waals surface area (Å²) < 4.78 is 19.1. The summed E-state index contributed by atoms with van der Waals surface area (Å²) in [6.45, 7) is 2.64. The predicted octanol–water partition coefficient (Wildman–Crippen LogP) is 3.40. The highest BCUT2D eigenvalue weighted by molar-refractivity contribution is 5.54. The van der Waals surface area contributed by atoms with Gasteiger partial charge in [-0.25, -0.2) is 14.4 Å². The molecule has 0 bridgehead atoms. The van der Waals surface area contributed by atoms with E-state index in [0.717, 1.165) is 56.8 Å². The van der Waals surface area contributed by atoms with Gasteiger partial charge in [0.25, 0.3) is 0 Å². The van der Waals surface area contributed by atoms with E-state index in [0.29, 0.717) is 23.8 Å². The normalized spacial score (nSPS) is 21.7. The van der Waals surface area contributed by atoms with Gasteiger partial charge in [-0.15, -0.1) is 0 Å². The first kappa shape index (κ1) is 20.8. The summed E-state index contributed by atoms with van der Waals surface area (Å²) in [5, 5.41) is 13.8. The molecule has 2 fully saturated rings. The second kappa shape index (κ2) is 9.20. The Kier molecular flexibility index (Phi) is 5.98. The maximum Gasteiger partial charge on any atom is 0.231 e. The lowest BCUT2D eigenvalue weighted by molar-refractivity contribution is 0.239. The molecule has 8 nitrogen and oxygen atoms in total. The van der Waals surface area contributed by atoms with E-state index >= 15 is 0 Å². The molecule has 1 N–H and O–H groups in total. The molecule has 0 amide bonds. The van der Waals surface area contributed by atoms with E-state index in [-0.39, 0.29) is 24.4 Å². The van der Waals surface area contributed by atoms with Crippen molar-refractivity contribution >= 4 is 11.6 Å². The first-order chi connectivity index (χ1) is 15.7. The average Bonchev–Trinajstić information content (AvgIpc) is 3.35. The number of anilines is 2. The second-order valence-corrected chi connectivity index (χ2v) is 8.51. The number of halogens is 1. The average molecular weight is 439 g/mol. The Morgan fingerprint density at radius 1 is 1.06 bits per heavy atom. The SMILES string of the molecule is OCC1CCCCN1c1cc(N2CCCC(c3nc(-c4cccc(F)c4)no3)C2)ncn1. The molecule has 0 saturated carbocycles. The lowest BCUT2D eigenvalue weighted by Gasteiger charge is -2.36. The molecule has 168 valence electrons. The molecule has 0 aliphatic carbocycles. The summed E-state index contributed by atoms with van der Waals surface area (Å²) in [6.07, 6.45) is 6.74. The van der Waals surface area contributed by atoms with E-state index < -0.39 is 0 Å². The Bertz CT molecular complexity index is 1060. The van der Waals surface area contributed by atoms with Crippen LogP contribution in [-0.4, -0.2) is 57.5 Å². The van der Waals surface area contributed by atoms with E-state index in [1.807, 2.05) is 6.07 Å². The van der Waals surface area contributed by atoms with Gasteiger partial charge in [-0.3, -0.25) is 0 Å². The minimum absolute atomic E-state index is 0.0807. The van der Waals surface area contributed by atoms with Crippen LogP contribution in [0.4, 0.5) is 16.0 Å². The number of aliphatic hydroxyl groups is 1. The van der Waals surface area contributed by atoms with Crippen molar-refractivity contribution in [2.45, 2.75) is 44.1 Å². The lowest BCUT2D eigenvalue weighted by Crippen LogP contribution is -2.42. The summed E-state index contributed by atoms with van der Waals surface area (Å²) in [7, 11) is 0. The summed E-state index contributed by atoms with van der Waals surface area (Å²) in [5.74, 6) is 2.46. The standard InChI is InChI=1S/C23H27FN6O2/c24-18-7-3-5-16(11-18)22-27-23(32-28-22)17-6-4-9-29(13-17)20-12-21(26-15-25-20)30-10-2-1-8-19(30)14-31/h3,5,7,11-12,15,17,19,31H,1-2,4,6,8-10,13-14H2. The summed E-state index contributed by atoms with van der Waals surface area (Å²) in [6, 6.07) is 8.34. The van der Waals surface area contributed by atoms with Crippen molar-refractivity contribution in [1.82, 2.24) is 20.1 Å². The van der Waals surface area contributed by atoms with Gasteiger partial charge < -0.3 is 19.4 Å². The van der Waals surface area contributed by atoms with Crippen molar-refractivity contribution in [3.63, 3.8) is 0 Å². The smallest absolute Gasteiger partial charge is 0.231 e. The number of nitrogens with zero attached hydrogens (tertiary/aromatic N) is 6. The van der Waals surface area contributed by atoms with Crippen LogP contribution < -0.4 is 9.80 Å². The van der Waals surface area contributed by atoms with Crippen molar-refractivity contribution in [3.8, 4) is 11.4 Å². The highest BCUT2D eigenvalue weighted by Gasteiger charge is 2.28. The first-order valence-corrected chi connectivity index (χ1v) is 11.3. The van der Waals surface area contributed by atoms with Crippen LogP contribution in [0.15, 0.2) is 41.2 Å². The third-order valence-corrected chi connectivity index (χ3v) is 6.39. The minimum Gasteiger partial charge on any atom is -0.394 e. The number of aliphatic hydroxyl groups excluding tert-OH is 1. The Balaban J connectivity index is 1.32. The number of piperidine rings is 2. The Hall–Kier alpha value is -3.07. The maximum absolute atomic E-state index is 13.5. The van der Waals surface area contributed by atoms with Crippen LogP contribution in [0.5, 0.6) is 0 Å². The molecule has 9 heteroatoms. The van der Waals surface area contributed by atoms with Gasteiger partial charge in [-0.2, -0.15) is 4.98 Å². The summed E-state index contributed by atoms with van der Waals surface area (Å²) >= 11 is 0. The first-order valence-electron chi connectivity index (χ1n) is 11.3. The van der Waals surface area contributed by atoms with Crippen LogP contribution in [0.3, 0.4) is 0 Å². The van der Waals surface area contributed by atoms with Gasteiger partial charge >= 0.3 is 0 Å². The van der Waals surface area contributed by atoms with E-state index in [9.17, 15) is 9.50 Å². The molecule has 2 unspecified atom stereocenters. The van der Waals surface area contributed by atoms with Crippen LogP contribution in [0.25, 0.3) is 11.4 Å². The molecule has 2 aliphatic rings. The predicted molar refractivity (Wildman–Crippen MR) is 118 cm³/mol. The molecule has 5 rings (SSSR count). The molecule has 1 aromatic carbocycles. The lowest BCUT2D eigenvalue weighted by atomic mass is 9.98. The topological polar surface area (TPSA) is 91.4 Å². The zero-order valence-electron chi connectivity index (χ0n) is 17.9. The maximum atomic E-state index is 13.5. The molecule has 2 aromatic heterocycles. The van der Waals surface area contributed by atoms with Gasteiger partial charge in [0.2, 0.25) is 11.7 Å². The highest BCUT2D eigenvalue weighted by atomic mass is 19.1. The van der Waals surface area contributed by atoms with Crippen molar-refractivity contribution in [1.29, 1.82) is 0 Å². The Morgan fingerprint density at radius 3 is 2.84 bits per heavy atom. The molecule has 4 heterocycles. The molecular weight excluding hydrogens is 411 g/mol. The van der Waals surface area contributed by atoms with Gasteiger partial charge in [-0.05, 0) is 44.2 Å². The molecule has 2 saturated heterocycles. The van der Waals surface area contributed by atoms with E-state index in [2.05, 4.69) is 29.9 Å². The fourth-order valence-corrected chi connectivity index (χ4v) is 4.69. The van der Waals surface area contributed by atoms with Crippen molar-refractivity contribution in [2.24, 2.45) is 0 Å². The van der Waals surface area contributed by atoms with Crippen LogP contribution in [-0.2, 0) is 0 Å². The van der Waals surface area contributed by atoms with Crippen LogP contribution in [0, 0.1) is 5.82 Å². The minimum atomic E-state index is -0.325. The summed E-state index contributed by atoms with van der Waals surface area (Å²) in [5.41, 5.74) is 0.605. The third kappa shape index (κ3) is 4.29. The van der Waals surface area contributed by atoms with Gasteiger partial charge in [0.1, 0.15) is 23.8 Å². The number of benzene rings is 1. The molecule has 2 aliphatic heterocycles. The Morgan fingerprint density at radius 2 is 1.97 bits per heavy atom. The molecule has 0 spiro atoms. The van der Waals surface area contributed by atoms with Crippen molar-refractivity contribution in [3.05, 3.63) is 48.4 Å². The van der Waals surface area contributed by atoms with Crippen molar-refractivity contribution < 1.29 is 14.0 Å². The van der Waals surface area contributed by atoms with Crippen molar-refractivity contribution in [2.75, 3.05) is 36.0 Å². The summed E-state index contributed by atoms with van der Waals surface area (Å²) in [4.78, 5) is 18.0.